The maximum Gasteiger partial charge on any atom is 0.166 e. The van der Waals surface area contributed by atoms with Crippen molar-refractivity contribution in [1.82, 2.24) is 0 Å². The number of rotatable bonds is 5. The molecule has 0 radical (unpaired) electrons. The van der Waals surface area contributed by atoms with Crippen LogP contribution in [0.15, 0.2) is 48.5 Å². The van der Waals surface area contributed by atoms with Crippen LogP contribution in [0.2, 0.25) is 0 Å². The summed E-state index contributed by atoms with van der Waals surface area (Å²) in [5.74, 6) is 1.01. The van der Waals surface area contributed by atoms with E-state index in [9.17, 15) is 4.79 Å². The first kappa shape index (κ1) is 12.9. The third kappa shape index (κ3) is 2.90. The number of aryl methyl sites for hydroxylation is 2. The van der Waals surface area contributed by atoms with Crippen molar-refractivity contribution >= 4 is 5.78 Å². The standard InChI is InChI=1S/C18H18O2/c19-18(15-5-2-1-3-6-15)11-12-20-17-10-9-14-7-4-8-16(14)13-17/h1-3,5-6,9-10,13H,4,7-8,11-12H2. The highest BCUT2D eigenvalue weighted by Gasteiger charge is 2.11. The number of Topliss-reactive ketones (excluding diaryl/α,β-unsaturated/α-hetero) is 1. The molecule has 0 bridgehead atoms. The highest BCUT2D eigenvalue weighted by molar-refractivity contribution is 5.96. The van der Waals surface area contributed by atoms with Crippen molar-refractivity contribution in [3.05, 3.63) is 65.2 Å². The molecule has 0 atom stereocenters. The van der Waals surface area contributed by atoms with Crippen LogP contribution in [0, 0.1) is 0 Å². The van der Waals surface area contributed by atoms with Crippen molar-refractivity contribution in [2.75, 3.05) is 6.61 Å². The van der Waals surface area contributed by atoms with E-state index >= 15 is 0 Å². The van der Waals surface area contributed by atoms with E-state index in [0.29, 0.717) is 13.0 Å². The maximum atomic E-state index is 11.9. The van der Waals surface area contributed by atoms with Crippen molar-refractivity contribution in [2.45, 2.75) is 25.7 Å². The number of hydrogen-bond acceptors (Lipinski definition) is 2. The summed E-state index contributed by atoms with van der Waals surface area (Å²) >= 11 is 0. The molecule has 0 spiro atoms. The number of carbonyl (C=O) groups excluding carboxylic acids is 1. The monoisotopic (exact) mass is 266 g/mol. The predicted octanol–water partition coefficient (Wildman–Crippen LogP) is 3.83. The van der Waals surface area contributed by atoms with Gasteiger partial charge in [-0.2, -0.15) is 0 Å². The van der Waals surface area contributed by atoms with E-state index in [0.717, 1.165) is 17.7 Å². The number of benzene rings is 2. The Balaban J connectivity index is 1.54. The van der Waals surface area contributed by atoms with Gasteiger partial charge in [-0.1, -0.05) is 36.4 Å². The molecule has 102 valence electrons. The van der Waals surface area contributed by atoms with Gasteiger partial charge in [-0.15, -0.1) is 0 Å². The molecule has 3 rings (SSSR count). The van der Waals surface area contributed by atoms with E-state index < -0.39 is 0 Å². The molecule has 2 nitrogen and oxygen atoms in total. The summed E-state index contributed by atoms with van der Waals surface area (Å²) in [5.41, 5.74) is 3.60. The van der Waals surface area contributed by atoms with Crippen LogP contribution in [0.25, 0.3) is 0 Å². The summed E-state index contributed by atoms with van der Waals surface area (Å²) in [5, 5.41) is 0. The molecule has 0 aromatic heterocycles. The molecular formula is C18H18O2. The lowest BCUT2D eigenvalue weighted by Crippen LogP contribution is -2.06. The maximum absolute atomic E-state index is 11.9. The lowest BCUT2D eigenvalue weighted by atomic mass is 10.1. The molecule has 0 fully saturated rings. The Morgan fingerprint density at radius 3 is 2.65 bits per heavy atom. The van der Waals surface area contributed by atoms with Crippen LogP contribution < -0.4 is 4.74 Å². The second kappa shape index (κ2) is 5.91. The lowest BCUT2D eigenvalue weighted by Gasteiger charge is -2.08. The smallest absolute Gasteiger partial charge is 0.166 e. The molecule has 0 unspecified atom stereocenters. The zero-order valence-electron chi connectivity index (χ0n) is 11.5. The largest absolute Gasteiger partial charge is 0.493 e. The Hall–Kier alpha value is -2.09. The van der Waals surface area contributed by atoms with E-state index in [2.05, 4.69) is 12.1 Å². The van der Waals surface area contributed by atoms with E-state index in [4.69, 9.17) is 4.74 Å². The summed E-state index contributed by atoms with van der Waals surface area (Å²) in [6.45, 7) is 0.437. The molecule has 0 aliphatic heterocycles. The Bertz CT molecular complexity index is 602. The molecular weight excluding hydrogens is 248 g/mol. The average molecular weight is 266 g/mol. The fourth-order valence-electron chi connectivity index (χ4n) is 2.67. The van der Waals surface area contributed by atoms with Gasteiger partial charge in [-0.05, 0) is 42.5 Å². The quantitative estimate of drug-likeness (QED) is 0.769. The van der Waals surface area contributed by atoms with E-state index in [-0.39, 0.29) is 5.78 Å². The summed E-state index contributed by atoms with van der Waals surface area (Å²) in [4.78, 5) is 11.9. The van der Waals surface area contributed by atoms with Crippen molar-refractivity contribution < 1.29 is 9.53 Å². The Kier molecular flexibility index (Phi) is 3.82. The summed E-state index contributed by atoms with van der Waals surface area (Å²) in [6, 6.07) is 15.7. The minimum Gasteiger partial charge on any atom is -0.493 e. The van der Waals surface area contributed by atoms with Gasteiger partial charge >= 0.3 is 0 Å². The van der Waals surface area contributed by atoms with E-state index in [1.807, 2.05) is 36.4 Å². The van der Waals surface area contributed by atoms with Gasteiger partial charge in [0.05, 0.1) is 6.61 Å². The first-order valence-corrected chi connectivity index (χ1v) is 7.16. The van der Waals surface area contributed by atoms with Gasteiger partial charge in [0.25, 0.3) is 0 Å². The van der Waals surface area contributed by atoms with E-state index in [1.165, 1.54) is 24.0 Å². The molecule has 0 saturated heterocycles. The first-order chi connectivity index (χ1) is 9.83. The molecule has 1 aliphatic carbocycles. The molecule has 20 heavy (non-hydrogen) atoms. The number of carbonyl (C=O) groups is 1. The third-order valence-corrected chi connectivity index (χ3v) is 3.76. The highest BCUT2D eigenvalue weighted by atomic mass is 16.5. The molecule has 2 aromatic rings. The van der Waals surface area contributed by atoms with Gasteiger partial charge in [-0.3, -0.25) is 4.79 Å². The SMILES string of the molecule is O=C(CCOc1ccc2c(c1)CCC2)c1ccccc1. The van der Waals surface area contributed by atoms with Crippen LogP contribution in [0.4, 0.5) is 0 Å². The number of hydrogen-bond donors (Lipinski definition) is 0. The minimum absolute atomic E-state index is 0.131. The fourth-order valence-corrected chi connectivity index (χ4v) is 2.67. The Morgan fingerprint density at radius 1 is 1.00 bits per heavy atom. The molecule has 2 aromatic carbocycles. The fraction of sp³-hybridized carbons (Fsp3) is 0.278. The second-order valence-corrected chi connectivity index (χ2v) is 5.17. The van der Waals surface area contributed by atoms with E-state index in [1.54, 1.807) is 0 Å². The topological polar surface area (TPSA) is 26.3 Å². The summed E-state index contributed by atoms with van der Waals surface area (Å²) < 4.78 is 5.70. The molecule has 0 heterocycles. The van der Waals surface area contributed by atoms with Gasteiger partial charge in [0.2, 0.25) is 0 Å². The van der Waals surface area contributed by atoms with Crippen molar-refractivity contribution in [3.63, 3.8) is 0 Å². The van der Waals surface area contributed by atoms with Crippen molar-refractivity contribution in [2.24, 2.45) is 0 Å². The highest BCUT2D eigenvalue weighted by Crippen LogP contribution is 2.26. The van der Waals surface area contributed by atoms with Crippen molar-refractivity contribution in [3.8, 4) is 5.75 Å². The molecule has 0 saturated carbocycles. The summed E-state index contributed by atoms with van der Waals surface area (Å²) in [6.07, 6.45) is 3.99. The van der Waals surface area contributed by atoms with Gasteiger partial charge in [-0.25, -0.2) is 0 Å². The van der Waals surface area contributed by atoms with Crippen molar-refractivity contribution in [1.29, 1.82) is 0 Å². The van der Waals surface area contributed by atoms with Gasteiger partial charge in [0, 0.05) is 12.0 Å². The first-order valence-electron chi connectivity index (χ1n) is 7.16. The van der Waals surface area contributed by atoms with Crippen LogP contribution in [0.3, 0.4) is 0 Å². The Labute approximate surface area is 119 Å². The van der Waals surface area contributed by atoms with Gasteiger partial charge in [0.15, 0.2) is 5.78 Å². The van der Waals surface area contributed by atoms with Crippen LogP contribution in [0.5, 0.6) is 5.75 Å². The number of fused-ring (bicyclic) bond motifs is 1. The molecule has 0 N–H and O–H groups in total. The molecule has 1 aliphatic rings. The molecule has 0 amide bonds. The zero-order chi connectivity index (χ0) is 13.8. The zero-order valence-corrected chi connectivity index (χ0v) is 11.5. The predicted molar refractivity (Wildman–Crippen MR) is 79.4 cm³/mol. The van der Waals surface area contributed by atoms with Crippen LogP contribution in [0.1, 0.15) is 34.3 Å². The Morgan fingerprint density at radius 2 is 1.80 bits per heavy atom. The van der Waals surface area contributed by atoms with Crippen LogP contribution >= 0.6 is 0 Å². The van der Waals surface area contributed by atoms with Crippen LogP contribution in [-0.2, 0) is 12.8 Å². The number of ether oxygens (including phenoxy) is 1. The lowest BCUT2D eigenvalue weighted by molar-refractivity contribution is 0.0962. The summed E-state index contributed by atoms with van der Waals surface area (Å²) in [7, 11) is 0. The minimum atomic E-state index is 0.131. The molecule has 2 heteroatoms. The van der Waals surface area contributed by atoms with Gasteiger partial charge in [0.1, 0.15) is 5.75 Å². The average Bonchev–Trinajstić information content (AvgIpc) is 2.95. The third-order valence-electron chi connectivity index (χ3n) is 3.76. The van der Waals surface area contributed by atoms with Gasteiger partial charge < -0.3 is 4.74 Å². The normalized spacial score (nSPS) is 13.0. The van der Waals surface area contributed by atoms with Crippen LogP contribution in [-0.4, -0.2) is 12.4 Å². The second-order valence-electron chi connectivity index (χ2n) is 5.17. The number of ketones is 1.